The van der Waals surface area contributed by atoms with Crippen molar-refractivity contribution in [2.45, 2.75) is 31.7 Å². The fraction of sp³-hybridized carbons (Fsp3) is 0.364. The molecule has 9 heteroatoms. The zero-order chi connectivity index (χ0) is 22.2. The Hall–Kier alpha value is -2.91. The minimum atomic E-state index is -3.78. The maximum atomic E-state index is 13.2. The molecule has 0 aliphatic carbocycles. The van der Waals surface area contributed by atoms with Crippen LogP contribution < -0.4 is 5.76 Å². The number of hydrogen-bond donors (Lipinski definition) is 0. The number of benzene rings is 2. The highest BCUT2D eigenvalue weighted by Gasteiger charge is 2.29. The van der Waals surface area contributed by atoms with Crippen LogP contribution in [0.25, 0.3) is 11.1 Å². The van der Waals surface area contributed by atoms with Gasteiger partial charge in [0.2, 0.25) is 10.0 Å². The molecule has 1 aliphatic rings. The molecule has 3 aromatic rings. The van der Waals surface area contributed by atoms with Gasteiger partial charge >= 0.3 is 5.76 Å². The molecule has 1 amide bonds. The van der Waals surface area contributed by atoms with Crippen LogP contribution in [0.1, 0.15) is 29.3 Å². The lowest BCUT2D eigenvalue weighted by atomic mass is 10.1. The van der Waals surface area contributed by atoms with Crippen molar-refractivity contribution in [3.8, 4) is 0 Å². The Morgan fingerprint density at radius 3 is 2.61 bits per heavy atom. The second-order valence-electron chi connectivity index (χ2n) is 7.66. The number of nitrogens with zero attached hydrogens (tertiary/aromatic N) is 3. The maximum absolute atomic E-state index is 13.2. The number of amides is 1. The summed E-state index contributed by atoms with van der Waals surface area (Å²) in [6.07, 6.45) is 0.542. The molecule has 0 N–H and O–H groups in total. The Morgan fingerprint density at radius 1 is 1.06 bits per heavy atom. The van der Waals surface area contributed by atoms with Crippen LogP contribution in [0.4, 0.5) is 0 Å². The average molecular weight is 444 g/mol. The first-order valence-electron chi connectivity index (χ1n) is 10.3. The molecule has 0 bridgehead atoms. The van der Waals surface area contributed by atoms with E-state index in [1.807, 2.05) is 32.0 Å². The van der Waals surface area contributed by atoms with Gasteiger partial charge in [-0.1, -0.05) is 17.7 Å². The average Bonchev–Trinajstić information content (AvgIpc) is 2.90. The van der Waals surface area contributed by atoms with Crippen molar-refractivity contribution in [2.24, 2.45) is 0 Å². The van der Waals surface area contributed by atoms with Crippen molar-refractivity contribution >= 4 is 27.0 Å². The molecule has 1 aromatic heterocycles. The summed E-state index contributed by atoms with van der Waals surface area (Å²) in [5, 5.41) is 0. The van der Waals surface area contributed by atoms with Gasteiger partial charge in [0.05, 0.1) is 10.4 Å². The lowest BCUT2D eigenvalue weighted by molar-refractivity contribution is 0.0764. The summed E-state index contributed by atoms with van der Waals surface area (Å²) in [6, 6.07) is 11.9. The van der Waals surface area contributed by atoms with Gasteiger partial charge in [-0.05, 0) is 44.5 Å². The lowest BCUT2D eigenvalue weighted by Gasteiger charge is -2.22. The third-order valence-corrected chi connectivity index (χ3v) is 7.50. The Morgan fingerprint density at radius 2 is 1.87 bits per heavy atom. The topological polar surface area (TPSA) is 92.8 Å². The van der Waals surface area contributed by atoms with Crippen molar-refractivity contribution in [3.63, 3.8) is 0 Å². The Bertz CT molecular complexity index is 1290. The molecule has 2 heterocycles. The standard InChI is InChI=1S/C22H25N3O5S/c1-3-25-19-9-8-18(15-20(19)30-22(25)27)31(28,29)24-11-5-10-23(12-13-24)21(26)17-7-4-6-16(2)14-17/h4,6-9,14-15H,3,5,10-13H2,1-2H3. The van der Waals surface area contributed by atoms with E-state index in [1.54, 1.807) is 17.0 Å². The smallest absolute Gasteiger partial charge is 0.408 e. The number of aryl methyl sites for hydroxylation is 2. The maximum Gasteiger partial charge on any atom is 0.419 e. The molecule has 164 valence electrons. The summed E-state index contributed by atoms with van der Waals surface area (Å²) >= 11 is 0. The zero-order valence-electron chi connectivity index (χ0n) is 17.6. The number of hydrogen-bond acceptors (Lipinski definition) is 5. The van der Waals surface area contributed by atoms with Crippen molar-refractivity contribution in [1.29, 1.82) is 0 Å². The van der Waals surface area contributed by atoms with E-state index >= 15 is 0 Å². The van der Waals surface area contributed by atoms with Crippen LogP contribution in [0.3, 0.4) is 0 Å². The fourth-order valence-corrected chi connectivity index (χ4v) is 5.44. The number of carbonyl (C=O) groups excluding carboxylic acids is 1. The summed E-state index contributed by atoms with van der Waals surface area (Å²) in [7, 11) is -3.78. The first-order chi connectivity index (χ1) is 14.8. The molecule has 1 saturated heterocycles. The summed E-state index contributed by atoms with van der Waals surface area (Å²) < 4.78 is 34.5. The predicted molar refractivity (Wildman–Crippen MR) is 117 cm³/mol. The first-order valence-corrected chi connectivity index (χ1v) is 11.7. The van der Waals surface area contributed by atoms with E-state index in [1.165, 1.54) is 21.0 Å². The van der Waals surface area contributed by atoms with Gasteiger partial charge in [-0.15, -0.1) is 0 Å². The minimum absolute atomic E-state index is 0.0791. The van der Waals surface area contributed by atoms with Crippen LogP contribution in [-0.4, -0.2) is 54.3 Å². The monoisotopic (exact) mass is 443 g/mol. The van der Waals surface area contributed by atoms with E-state index in [4.69, 9.17) is 4.42 Å². The molecule has 0 radical (unpaired) electrons. The summed E-state index contributed by atoms with van der Waals surface area (Å²) in [4.78, 5) is 26.5. The largest absolute Gasteiger partial charge is 0.419 e. The van der Waals surface area contributed by atoms with Gasteiger partial charge in [-0.3, -0.25) is 9.36 Å². The number of carbonyl (C=O) groups is 1. The van der Waals surface area contributed by atoms with Crippen molar-refractivity contribution in [1.82, 2.24) is 13.8 Å². The molecule has 1 fully saturated rings. The lowest BCUT2D eigenvalue weighted by Crippen LogP contribution is -2.37. The summed E-state index contributed by atoms with van der Waals surface area (Å²) in [5.74, 6) is -0.598. The van der Waals surface area contributed by atoms with E-state index in [-0.39, 0.29) is 22.9 Å². The van der Waals surface area contributed by atoms with Crippen LogP contribution in [0.15, 0.2) is 56.6 Å². The Labute approximate surface area is 180 Å². The molecule has 8 nitrogen and oxygen atoms in total. The van der Waals surface area contributed by atoms with Gasteiger partial charge in [-0.2, -0.15) is 4.31 Å². The molecular weight excluding hydrogens is 418 g/mol. The van der Waals surface area contributed by atoms with Gasteiger partial charge in [-0.25, -0.2) is 13.2 Å². The highest BCUT2D eigenvalue weighted by molar-refractivity contribution is 7.89. The second kappa shape index (κ2) is 8.32. The van der Waals surface area contributed by atoms with Gasteiger partial charge in [0, 0.05) is 44.4 Å². The summed E-state index contributed by atoms with van der Waals surface area (Å²) in [6.45, 7) is 5.52. The molecule has 31 heavy (non-hydrogen) atoms. The van der Waals surface area contributed by atoms with Crippen molar-refractivity contribution < 1.29 is 17.6 Å². The number of sulfonamides is 1. The highest BCUT2D eigenvalue weighted by Crippen LogP contribution is 2.23. The quantitative estimate of drug-likeness (QED) is 0.618. The normalized spacial score (nSPS) is 15.9. The van der Waals surface area contributed by atoms with E-state index in [2.05, 4.69) is 0 Å². The Balaban J connectivity index is 1.55. The molecule has 1 aliphatic heterocycles. The molecule has 0 spiro atoms. The van der Waals surface area contributed by atoms with Gasteiger partial charge in [0.25, 0.3) is 5.91 Å². The minimum Gasteiger partial charge on any atom is -0.408 e. The van der Waals surface area contributed by atoms with E-state index < -0.39 is 15.8 Å². The third kappa shape index (κ3) is 4.03. The first kappa shape index (κ1) is 21.3. The molecule has 0 atom stereocenters. The van der Waals surface area contributed by atoms with Crippen LogP contribution in [0.2, 0.25) is 0 Å². The van der Waals surface area contributed by atoms with E-state index in [0.717, 1.165) is 5.56 Å². The third-order valence-electron chi connectivity index (χ3n) is 5.60. The molecule has 4 rings (SSSR count). The number of rotatable bonds is 4. The molecule has 2 aromatic carbocycles. The number of aromatic nitrogens is 1. The highest BCUT2D eigenvalue weighted by atomic mass is 32.2. The SMILES string of the molecule is CCn1c(=O)oc2cc(S(=O)(=O)N3CCCN(C(=O)c4cccc(C)c4)CC3)ccc21. The number of oxazole rings is 1. The molecule has 0 saturated carbocycles. The Kier molecular flexibility index (Phi) is 5.72. The number of fused-ring (bicyclic) bond motifs is 1. The summed E-state index contributed by atoms with van der Waals surface area (Å²) in [5.41, 5.74) is 2.43. The van der Waals surface area contributed by atoms with Crippen LogP contribution >= 0.6 is 0 Å². The van der Waals surface area contributed by atoms with Crippen molar-refractivity contribution in [2.75, 3.05) is 26.2 Å². The second-order valence-corrected chi connectivity index (χ2v) is 9.60. The fourth-order valence-electron chi connectivity index (χ4n) is 3.95. The van der Waals surface area contributed by atoms with Crippen molar-refractivity contribution in [3.05, 3.63) is 64.1 Å². The van der Waals surface area contributed by atoms with Gasteiger partial charge in [0.1, 0.15) is 0 Å². The molecular formula is C22H25N3O5S. The van der Waals surface area contributed by atoms with Crippen LogP contribution in [0, 0.1) is 6.92 Å². The van der Waals surface area contributed by atoms with Gasteiger partial charge in [0.15, 0.2) is 5.58 Å². The van der Waals surface area contributed by atoms with Crippen LogP contribution in [0.5, 0.6) is 0 Å². The zero-order valence-corrected chi connectivity index (χ0v) is 18.4. The van der Waals surface area contributed by atoms with E-state index in [0.29, 0.717) is 43.7 Å². The molecule has 0 unspecified atom stereocenters. The van der Waals surface area contributed by atoms with Crippen LogP contribution in [-0.2, 0) is 16.6 Å². The van der Waals surface area contributed by atoms with E-state index in [9.17, 15) is 18.0 Å². The predicted octanol–water partition coefficient (Wildman–Crippen LogP) is 2.46. The van der Waals surface area contributed by atoms with Gasteiger partial charge < -0.3 is 9.32 Å².